The number of allylic oxidation sites excluding steroid dienone is 2. The quantitative estimate of drug-likeness (QED) is 0.612. The summed E-state index contributed by atoms with van der Waals surface area (Å²) < 4.78 is 10.2. The van der Waals surface area contributed by atoms with Crippen LogP contribution < -0.4 is 0 Å². The molecule has 0 N–H and O–H groups in total. The predicted octanol–water partition coefficient (Wildman–Crippen LogP) is 1.70. The number of benzene rings is 1. The molecule has 116 valence electrons. The number of hydrogen-bond acceptors (Lipinski definition) is 5. The third-order valence-electron chi connectivity index (χ3n) is 3.26. The molecular formula is C16H20BNO4. The molecule has 0 aromatic heterocycles. The van der Waals surface area contributed by atoms with Crippen LogP contribution >= 0.6 is 0 Å². The van der Waals surface area contributed by atoms with Gasteiger partial charge in [-0.2, -0.15) is 0 Å². The Hall–Kier alpha value is -2.08. The minimum Gasteiger partial charge on any atom is -0.498 e. The van der Waals surface area contributed by atoms with E-state index in [9.17, 15) is 9.59 Å². The molecule has 1 aliphatic rings. The Morgan fingerprint density at radius 3 is 2.36 bits per heavy atom. The molecule has 1 fully saturated rings. The summed E-state index contributed by atoms with van der Waals surface area (Å²) in [6.45, 7) is 0.201. The van der Waals surface area contributed by atoms with Crippen LogP contribution in [0.15, 0.2) is 42.5 Å². The monoisotopic (exact) mass is 301 g/mol. The van der Waals surface area contributed by atoms with Crippen LogP contribution in [0, 0.1) is 0 Å². The summed E-state index contributed by atoms with van der Waals surface area (Å²) in [5, 5.41) is 0. The molecule has 6 heteroatoms. The molecule has 1 aromatic rings. The molecule has 0 atom stereocenters. The maximum Gasteiger partial charge on any atom is 0.602 e. The maximum absolute atomic E-state index is 11.6. The molecule has 2 rings (SSSR count). The van der Waals surface area contributed by atoms with E-state index in [1.807, 2.05) is 30.4 Å². The summed E-state index contributed by atoms with van der Waals surface area (Å²) in [6.07, 6.45) is 6.13. The zero-order chi connectivity index (χ0) is 15.8. The number of hydrogen-bond donors (Lipinski definition) is 0. The molecule has 0 aliphatic carbocycles. The molecule has 0 unspecified atom stereocenters. The number of carbonyl (C=O) groups excluding carboxylic acids is 2. The SMILES string of the molecule is CN1CC(=O)OB(CC=CCCc2ccccc2)OC(=O)C1. The van der Waals surface area contributed by atoms with Crippen molar-refractivity contribution in [3.8, 4) is 0 Å². The Kier molecular flexibility index (Phi) is 6.21. The summed E-state index contributed by atoms with van der Waals surface area (Å²) in [7, 11) is 0.855. The Morgan fingerprint density at radius 1 is 1.09 bits per heavy atom. The van der Waals surface area contributed by atoms with Crippen molar-refractivity contribution in [2.45, 2.75) is 19.2 Å². The lowest BCUT2D eigenvalue weighted by molar-refractivity contribution is -0.145. The molecule has 0 saturated carbocycles. The van der Waals surface area contributed by atoms with Gasteiger partial charge in [0.15, 0.2) is 0 Å². The van der Waals surface area contributed by atoms with E-state index >= 15 is 0 Å². The Bertz CT molecular complexity index is 512. The van der Waals surface area contributed by atoms with Gasteiger partial charge < -0.3 is 9.31 Å². The van der Waals surface area contributed by atoms with Gasteiger partial charge in [0.1, 0.15) is 0 Å². The zero-order valence-corrected chi connectivity index (χ0v) is 12.7. The Labute approximate surface area is 131 Å². The highest BCUT2D eigenvalue weighted by molar-refractivity contribution is 6.49. The fourth-order valence-electron chi connectivity index (χ4n) is 2.20. The molecule has 0 bridgehead atoms. The van der Waals surface area contributed by atoms with Gasteiger partial charge in [0.25, 0.3) is 0 Å². The van der Waals surface area contributed by atoms with E-state index in [-0.39, 0.29) is 25.0 Å². The molecule has 0 spiro atoms. The second-order valence-electron chi connectivity index (χ2n) is 5.31. The fraction of sp³-hybridized carbons (Fsp3) is 0.375. The third kappa shape index (κ3) is 5.73. The molecule has 1 heterocycles. The minimum absolute atomic E-state index is 0.101. The lowest BCUT2D eigenvalue weighted by Gasteiger charge is -2.21. The van der Waals surface area contributed by atoms with Crippen LogP contribution in [0.4, 0.5) is 0 Å². The van der Waals surface area contributed by atoms with Crippen LogP contribution in [0.2, 0.25) is 6.32 Å². The molecule has 22 heavy (non-hydrogen) atoms. The summed E-state index contributed by atoms with van der Waals surface area (Å²) in [5.74, 6) is -0.754. The normalized spacial score (nSPS) is 17.0. The molecule has 1 saturated heterocycles. The van der Waals surface area contributed by atoms with Crippen molar-refractivity contribution in [3.63, 3.8) is 0 Å². The van der Waals surface area contributed by atoms with Crippen molar-refractivity contribution in [3.05, 3.63) is 48.0 Å². The van der Waals surface area contributed by atoms with E-state index in [0.717, 1.165) is 12.8 Å². The van der Waals surface area contributed by atoms with E-state index in [4.69, 9.17) is 9.31 Å². The van der Waals surface area contributed by atoms with Crippen LogP contribution in [-0.2, 0) is 25.3 Å². The van der Waals surface area contributed by atoms with Gasteiger partial charge in [-0.3, -0.25) is 14.5 Å². The van der Waals surface area contributed by atoms with Crippen LogP contribution in [-0.4, -0.2) is 44.1 Å². The van der Waals surface area contributed by atoms with Gasteiger partial charge in [-0.25, -0.2) is 0 Å². The van der Waals surface area contributed by atoms with E-state index in [1.165, 1.54) is 5.56 Å². The van der Waals surface area contributed by atoms with Gasteiger partial charge in [0.05, 0.1) is 13.1 Å². The molecule has 5 nitrogen and oxygen atoms in total. The highest BCUT2D eigenvalue weighted by Gasteiger charge is 2.30. The van der Waals surface area contributed by atoms with Gasteiger partial charge in [-0.1, -0.05) is 42.5 Å². The average Bonchev–Trinajstić information content (AvgIpc) is 2.46. The first-order valence-electron chi connectivity index (χ1n) is 7.40. The van der Waals surface area contributed by atoms with Crippen LogP contribution in [0.5, 0.6) is 0 Å². The Morgan fingerprint density at radius 2 is 1.73 bits per heavy atom. The highest BCUT2D eigenvalue weighted by Crippen LogP contribution is 2.07. The second-order valence-corrected chi connectivity index (χ2v) is 5.31. The van der Waals surface area contributed by atoms with E-state index in [0.29, 0.717) is 6.32 Å². The number of carbonyl (C=O) groups is 2. The number of aryl methyl sites for hydroxylation is 1. The highest BCUT2D eigenvalue weighted by atomic mass is 16.6. The molecular weight excluding hydrogens is 281 g/mol. The summed E-state index contributed by atoms with van der Waals surface area (Å²) in [5.41, 5.74) is 1.28. The largest absolute Gasteiger partial charge is 0.602 e. The van der Waals surface area contributed by atoms with Gasteiger partial charge in [-0.05, 0) is 25.5 Å². The maximum atomic E-state index is 11.6. The van der Waals surface area contributed by atoms with Crippen LogP contribution in [0.1, 0.15) is 12.0 Å². The lowest BCUT2D eigenvalue weighted by Crippen LogP contribution is -2.42. The fourth-order valence-corrected chi connectivity index (χ4v) is 2.20. The van der Waals surface area contributed by atoms with Crippen LogP contribution in [0.3, 0.4) is 0 Å². The number of likely N-dealkylation sites (N-methyl/N-ethyl adjacent to an activating group) is 1. The molecule has 1 aliphatic heterocycles. The first kappa shape index (κ1) is 16.3. The molecule has 1 aromatic carbocycles. The average molecular weight is 301 g/mol. The summed E-state index contributed by atoms with van der Waals surface area (Å²) >= 11 is 0. The number of rotatable bonds is 5. The topological polar surface area (TPSA) is 55.8 Å². The van der Waals surface area contributed by atoms with Crippen molar-refractivity contribution < 1.29 is 18.9 Å². The zero-order valence-electron chi connectivity index (χ0n) is 12.7. The predicted molar refractivity (Wildman–Crippen MR) is 84.1 cm³/mol. The smallest absolute Gasteiger partial charge is 0.498 e. The lowest BCUT2D eigenvalue weighted by atomic mass is 9.84. The van der Waals surface area contributed by atoms with E-state index in [1.54, 1.807) is 11.9 Å². The van der Waals surface area contributed by atoms with Crippen molar-refractivity contribution in [1.29, 1.82) is 0 Å². The third-order valence-corrected chi connectivity index (χ3v) is 3.26. The van der Waals surface area contributed by atoms with E-state index in [2.05, 4.69) is 12.1 Å². The Balaban J connectivity index is 1.75. The van der Waals surface area contributed by atoms with E-state index < -0.39 is 7.12 Å². The standard InChI is InChI=1S/C16H20BNO4/c1-18-12-15(19)21-17(22-16(20)13-18)11-7-3-6-10-14-8-4-2-5-9-14/h2-5,7-9H,6,10-13H2,1H3. The first-order chi connectivity index (χ1) is 10.6. The van der Waals surface area contributed by atoms with Gasteiger partial charge >= 0.3 is 19.1 Å². The van der Waals surface area contributed by atoms with Crippen molar-refractivity contribution in [2.75, 3.05) is 20.1 Å². The van der Waals surface area contributed by atoms with Gasteiger partial charge in [-0.15, -0.1) is 0 Å². The van der Waals surface area contributed by atoms with Crippen molar-refractivity contribution in [2.24, 2.45) is 0 Å². The minimum atomic E-state index is -0.818. The van der Waals surface area contributed by atoms with Gasteiger partial charge in [0.2, 0.25) is 0 Å². The summed E-state index contributed by atoms with van der Waals surface area (Å²) in [4.78, 5) is 24.7. The van der Waals surface area contributed by atoms with Crippen molar-refractivity contribution in [1.82, 2.24) is 4.90 Å². The van der Waals surface area contributed by atoms with Crippen LogP contribution in [0.25, 0.3) is 0 Å². The number of nitrogens with zero attached hydrogens (tertiary/aromatic N) is 1. The van der Waals surface area contributed by atoms with Crippen molar-refractivity contribution >= 4 is 19.1 Å². The first-order valence-corrected chi connectivity index (χ1v) is 7.40. The molecule has 0 amide bonds. The second kappa shape index (κ2) is 8.39. The summed E-state index contributed by atoms with van der Waals surface area (Å²) in [6, 6.07) is 10.2. The molecule has 0 radical (unpaired) electrons. The van der Waals surface area contributed by atoms with Gasteiger partial charge in [0, 0.05) is 6.32 Å².